The molecule has 4 heteroatoms. The Morgan fingerprint density at radius 1 is 1.17 bits per heavy atom. The molecule has 1 aliphatic heterocycles. The lowest BCUT2D eigenvalue weighted by Gasteiger charge is -2.28. The summed E-state index contributed by atoms with van der Waals surface area (Å²) in [5.74, 6) is 1.01. The van der Waals surface area contributed by atoms with Crippen molar-refractivity contribution in [2.45, 2.75) is 25.9 Å². The van der Waals surface area contributed by atoms with Gasteiger partial charge in [-0.25, -0.2) is 0 Å². The highest BCUT2D eigenvalue weighted by Crippen LogP contribution is 2.24. The first kappa shape index (κ1) is 16.9. The van der Waals surface area contributed by atoms with Crippen LogP contribution in [0.4, 0.5) is 0 Å². The molecule has 0 radical (unpaired) electrons. The molecular formula is C20H27N3O. The van der Waals surface area contributed by atoms with Gasteiger partial charge in [0.15, 0.2) is 0 Å². The lowest BCUT2D eigenvalue weighted by Crippen LogP contribution is -2.30. The Balaban J connectivity index is 1.54. The van der Waals surface area contributed by atoms with Crippen molar-refractivity contribution in [3.63, 3.8) is 0 Å². The van der Waals surface area contributed by atoms with E-state index in [1.165, 1.54) is 11.1 Å². The normalized spacial score (nSPS) is 14.6. The molecule has 128 valence electrons. The molecule has 0 atom stereocenters. The Morgan fingerprint density at radius 2 is 2.08 bits per heavy atom. The van der Waals surface area contributed by atoms with Gasteiger partial charge in [-0.3, -0.25) is 9.88 Å². The minimum atomic E-state index is 0.781. The highest BCUT2D eigenvalue weighted by atomic mass is 16.5. The second kappa shape index (κ2) is 8.27. The summed E-state index contributed by atoms with van der Waals surface area (Å²) in [6.45, 7) is 4.83. The van der Waals surface area contributed by atoms with Crippen molar-refractivity contribution in [2.24, 2.45) is 0 Å². The van der Waals surface area contributed by atoms with E-state index < -0.39 is 0 Å². The molecule has 0 spiro atoms. The van der Waals surface area contributed by atoms with Crippen LogP contribution in [-0.2, 0) is 19.5 Å². The zero-order chi connectivity index (χ0) is 16.8. The molecule has 2 heterocycles. The van der Waals surface area contributed by atoms with Crippen LogP contribution in [0.5, 0.6) is 5.75 Å². The van der Waals surface area contributed by atoms with Gasteiger partial charge in [0.2, 0.25) is 0 Å². The van der Waals surface area contributed by atoms with E-state index in [-0.39, 0.29) is 0 Å². The number of benzene rings is 1. The van der Waals surface area contributed by atoms with E-state index in [9.17, 15) is 0 Å². The van der Waals surface area contributed by atoms with Gasteiger partial charge >= 0.3 is 0 Å². The number of hydrogen-bond donors (Lipinski definition) is 0. The first-order chi connectivity index (χ1) is 11.7. The van der Waals surface area contributed by atoms with Crippen LogP contribution in [0.15, 0.2) is 42.6 Å². The maximum Gasteiger partial charge on any atom is 0.119 e. The van der Waals surface area contributed by atoms with Gasteiger partial charge < -0.3 is 9.64 Å². The molecular weight excluding hydrogens is 298 g/mol. The second-order valence-electron chi connectivity index (χ2n) is 6.72. The van der Waals surface area contributed by atoms with Gasteiger partial charge in [-0.2, -0.15) is 0 Å². The van der Waals surface area contributed by atoms with Gasteiger partial charge in [-0.15, -0.1) is 0 Å². The molecule has 2 aromatic rings. The molecule has 0 unspecified atom stereocenters. The lowest BCUT2D eigenvalue weighted by molar-refractivity contribution is 0.241. The van der Waals surface area contributed by atoms with E-state index in [4.69, 9.17) is 4.74 Å². The Morgan fingerprint density at radius 3 is 2.88 bits per heavy atom. The smallest absolute Gasteiger partial charge is 0.119 e. The molecule has 3 rings (SSSR count). The number of hydrogen-bond acceptors (Lipinski definition) is 4. The van der Waals surface area contributed by atoms with Crippen molar-refractivity contribution < 1.29 is 4.74 Å². The lowest BCUT2D eigenvalue weighted by atomic mass is 9.99. The van der Waals surface area contributed by atoms with Gasteiger partial charge in [0.1, 0.15) is 5.75 Å². The molecule has 0 amide bonds. The predicted octanol–water partition coefficient (Wildman–Crippen LogP) is 2.97. The highest BCUT2D eigenvalue weighted by molar-refractivity contribution is 5.37. The fourth-order valence-electron chi connectivity index (χ4n) is 3.10. The van der Waals surface area contributed by atoms with Crippen molar-refractivity contribution in [1.29, 1.82) is 0 Å². The number of fused-ring (bicyclic) bond motifs is 1. The topological polar surface area (TPSA) is 28.6 Å². The third-order valence-electron chi connectivity index (χ3n) is 4.40. The summed E-state index contributed by atoms with van der Waals surface area (Å²) in [7, 11) is 4.19. The molecule has 0 bridgehead atoms. The Labute approximate surface area is 145 Å². The summed E-state index contributed by atoms with van der Waals surface area (Å²) in [6.07, 6.45) is 4.01. The highest BCUT2D eigenvalue weighted by Gasteiger charge is 2.17. The minimum Gasteiger partial charge on any atom is -0.494 e. The van der Waals surface area contributed by atoms with Gasteiger partial charge in [0, 0.05) is 32.4 Å². The second-order valence-corrected chi connectivity index (χ2v) is 6.72. The van der Waals surface area contributed by atoms with Gasteiger partial charge in [-0.05, 0) is 62.3 Å². The number of rotatable bonds is 7. The minimum absolute atomic E-state index is 0.781. The Bertz CT molecular complexity index is 643. The van der Waals surface area contributed by atoms with Crippen molar-refractivity contribution in [2.75, 3.05) is 33.8 Å². The fourth-order valence-corrected chi connectivity index (χ4v) is 3.10. The van der Waals surface area contributed by atoms with Crippen molar-refractivity contribution in [3.8, 4) is 5.75 Å². The largest absolute Gasteiger partial charge is 0.494 e. The first-order valence-electron chi connectivity index (χ1n) is 8.72. The number of nitrogens with zero attached hydrogens (tertiary/aromatic N) is 3. The van der Waals surface area contributed by atoms with Crippen molar-refractivity contribution in [3.05, 3.63) is 59.4 Å². The third kappa shape index (κ3) is 4.79. The van der Waals surface area contributed by atoms with Crippen LogP contribution < -0.4 is 4.74 Å². The first-order valence-corrected chi connectivity index (χ1v) is 8.72. The van der Waals surface area contributed by atoms with E-state index in [0.29, 0.717) is 0 Å². The molecule has 0 fully saturated rings. The van der Waals surface area contributed by atoms with E-state index in [2.05, 4.69) is 59.2 Å². The van der Waals surface area contributed by atoms with Crippen LogP contribution in [0.2, 0.25) is 0 Å². The summed E-state index contributed by atoms with van der Waals surface area (Å²) in [5, 5.41) is 0. The van der Waals surface area contributed by atoms with Crippen molar-refractivity contribution >= 4 is 0 Å². The third-order valence-corrected chi connectivity index (χ3v) is 4.40. The molecule has 1 aromatic heterocycles. The summed E-state index contributed by atoms with van der Waals surface area (Å²) < 4.78 is 5.89. The number of aromatic nitrogens is 1. The van der Waals surface area contributed by atoms with Crippen LogP contribution in [0.1, 0.15) is 23.2 Å². The average molecular weight is 325 g/mol. The van der Waals surface area contributed by atoms with E-state index in [1.807, 2.05) is 12.3 Å². The van der Waals surface area contributed by atoms with E-state index in [1.54, 1.807) is 0 Å². The molecule has 0 N–H and O–H groups in total. The SMILES string of the molecule is CN(C)CCCOc1ccc2c(c1)CCN(Cc1ccccn1)C2. The predicted molar refractivity (Wildman–Crippen MR) is 97.2 cm³/mol. The maximum absolute atomic E-state index is 5.89. The van der Waals surface area contributed by atoms with Crippen LogP contribution >= 0.6 is 0 Å². The fraction of sp³-hybridized carbons (Fsp3) is 0.450. The molecule has 0 saturated heterocycles. The summed E-state index contributed by atoms with van der Waals surface area (Å²) in [4.78, 5) is 9.08. The summed E-state index contributed by atoms with van der Waals surface area (Å²) >= 11 is 0. The van der Waals surface area contributed by atoms with Gasteiger partial charge in [0.25, 0.3) is 0 Å². The van der Waals surface area contributed by atoms with Gasteiger partial charge in [0.05, 0.1) is 12.3 Å². The quantitative estimate of drug-likeness (QED) is 0.732. The van der Waals surface area contributed by atoms with Crippen LogP contribution in [0, 0.1) is 0 Å². The van der Waals surface area contributed by atoms with E-state index in [0.717, 1.165) is 57.1 Å². The van der Waals surface area contributed by atoms with Crippen LogP contribution in [0.25, 0.3) is 0 Å². The molecule has 1 aliphatic rings. The standard InChI is InChI=1S/C20H27N3O/c1-22(2)11-5-13-24-20-8-7-18-15-23(12-9-17(18)14-20)16-19-6-3-4-10-21-19/h3-4,6-8,10,14H,5,9,11-13,15-16H2,1-2H3. The summed E-state index contributed by atoms with van der Waals surface area (Å²) in [5.41, 5.74) is 3.98. The Kier molecular flexibility index (Phi) is 5.83. The molecule has 24 heavy (non-hydrogen) atoms. The van der Waals surface area contributed by atoms with Crippen LogP contribution in [-0.4, -0.2) is 48.6 Å². The van der Waals surface area contributed by atoms with E-state index >= 15 is 0 Å². The van der Waals surface area contributed by atoms with Gasteiger partial charge in [-0.1, -0.05) is 12.1 Å². The number of ether oxygens (including phenoxy) is 1. The van der Waals surface area contributed by atoms with Crippen molar-refractivity contribution in [1.82, 2.24) is 14.8 Å². The Hall–Kier alpha value is -1.91. The molecule has 1 aromatic carbocycles. The summed E-state index contributed by atoms with van der Waals surface area (Å²) in [6, 6.07) is 12.7. The average Bonchev–Trinajstić information content (AvgIpc) is 2.59. The molecule has 4 nitrogen and oxygen atoms in total. The zero-order valence-corrected chi connectivity index (χ0v) is 14.7. The number of pyridine rings is 1. The molecule has 0 aliphatic carbocycles. The maximum atomic E-state index is 5.89. The molecule has 0 saturated carbocycles. The zero-order valence-electron chi connectivity index (χ0n) is 14.7. The van der Waals surface area contributed by atoms with Crippen LogP contribution in [0.3, 0.4) is 0 Å². The monoisotopic (exact) mass is 325 g/mol.